The molecule has 4 nitrogen and oxygen atoms in total. The van der Waals surface area contributed by atoms with Gasteiger partial charge in [-0.1, -0.05) is 30.3 Å². The number of nitrogens with zero attached hydrogens (tertiary/aromatic N) is 1. The number of hydrogen-bond acceptors (Lipinski definition) is 4. The van der Waals surface area contributed by atoms with E-state index in [0.29, 0.717) is 10.7 Å². The van der Waals surface area contributed by atoms with Gasteiger partial charge in [0.05, 0.1) is 5.69 Å². The second-order valence-electron chi connectivity index (χ2n) is 4.46. The maximum atomic E-state index is 11.2. The Balaban J connectivity index is 1.99. The van der Waals surface area contributed by atoms with Crippen molar-refractivity contribution in [2.45, 2.75) is 6.92 Å². The number of hydrogen-bond donors (Lipinski definition) is 2. The summed E-state index contributed by atoms with van der Waals surface area (Å²) in [6, 6.07) is 14.0. The van der Waals surface area contributed by atoms with Gasteiger partial charge in [-0.3, -0.25) is 0 Å². The second kappa shape index (κ2) is 4.94. The summed E-state index contributed by atoms with van der Waals surface area (Å²) >= 11 is 1.16. The summed E-state index contributed by atoms with van der Waals surface area (Å²) in [5, 5.41) is 15.2. The highest BCUT2D eigenvalue weighted by molar-refractivity contribution is 7.10. The Morgan fingerprint density at radius 1 is 1.20 bits per heavy atom. The molecule has 0 unspecified atom stereocenters. The van der Waals surface area contributed by atoms with E-state index < -0.39 is 5.97 Å². The maximum absolute atomic E-state index is 11.2. The average Bonchev–Trinajstić information content (AvgIpc) is 2.79. The summed E-state index contributed by atoms with van der Waals surface area (Å²) in [6.07, 6.45) is 0. The van der Waals surface area contributed by atoms with Gasteiger partial charge >= 0.3 is 5.97 Å². The first-order valence-electron chi connectivity index (χ1n) is 6.10. The van der Waals surface area contributed by atoms with Gasteiger partial charge in [0.2, 0.25) is 0 Å². The van der Waals surface area contributed by atoms with Crippen LogP contribution < -0.4 is 5.32 Å². The quantitative estimate of drug-likeness (QED) is 0.761. The molecule has 0 saturated carbocycles. The fraction of sp³-hybridized carbons (Fsp3) is 0.0667. The van der Waals surface area contributed by atoms with Gasteiger partial charge in [0, 0.05) is 5.69 Å². The maximum Gasteiger partial charge on any atom is 0.340 e. The number of aryl methyl sites for hydroxylation is 1. The molecule has 0 aliphatic heterocycles. The highest BCUT2D eigenvalue weighted by Gasteiger charge is 2.17. The molecule has 0 saturated heterocycles. The van der Waals surface area contributed by atoms with Crippen LogP contribution in [0.3, 0.4) is 0 Å². The number of aromatic nitrogens is 1. The fourth-order valence-corrected chi connectivity index (χ4v) is 2.91. The molecule has 2 aromatic carbocycles. The normalized spacial score (nSPS) is 10.7. The van der Waals surface area contributed by atoms with Crippen LogP contribution >= 0.6 is 11.5 Å². The standard InChI is InChI=1S/C15H12N2O2S/c1-9-13(15(18)19)14(20-17-9)16-12-7-6-10-4-2-3-5-11(10)8-12/h2-8,16H,1H3,(H,18,19). The molecule has 0 spiro atoms. The van der Waals surface area contributed by atoms with E-state index in [4.69, 9.17) is 0 Å². The lowest BCUT2D eigenvalue weighted by Crippen LogP contribution is -2.01. The lowest BCUT2D eigenvalue weighted by Gasteiger charge is -2.06. The van der Waals surface area contributed by atoms with Crippen molar-refractivity contribution in [3.63, 3.8) is 0 Å². The number of rotatable bonds is 3. The van der Waals surface area contributed by atoms with Crippen molar-refractivity contribution in [3.8, 4) is 0 Å². The molecule has 0 amide bonds. The minimum atomic E-state index is -0.959. The van der Waals surface area contributed by atoms with Gasteiger partial charge in [-0.25, -0.2) is 4.79 Å². The average molecular weight is 284 g/mol. The van der Waals surface area contributed by atoms with Crippen LogP contribution in [-0.4, -0.2) is 15.4 Å². The second-order valence-corrected chi connectivity index (χ2v) is 5.24. The number of aromatic carboxylic acids is 1. The van der Waals surface area contributed by atoms with Crippen LogP contribution in [0.5, 0.6) is 0 Å². The number of nitrogens with one attached hydrogen (secondary N) is 1. The zero-order valence-corrected chi connectivity index (χ0v) is 11.6. The molecular weight excluding hydrogens is 272 g/mol. The highest BCUT2D eigenvalue weighted by Crippen LogP contribution is 2.29. The number of fused-ring (bicyclic) bond motifs is 1. The Morgan fingerprint density at radius 2 is 1.95 bits per heavy atom. The topological polar surface area (TPSA) is 62.2 Å². The third-order valence-corrected chi connectivity index (χ3v) is 3.94. The van der Waals surface area contributed by atoms with E-state index in [9.17, 15) is 9.90 Å². The minimum absolute atomic E-state index is 0.239. The summed E-state index contributed by atoms with van der Waals surface area (Å²) in [7, 11) is 0. The van der Waals surface area contributed by atoms with Crippen LogP contribution in [0.25, 0.3) is 10.8 Å². The molecule has 5 heteroatoms. The molecule has 2 N–H and O–H groups in total. The summed E-state index contributed by atoms with van der Waals surface area (Å²) in [6.45, 7) is 1.70. The van der Waals surface area contributed by atoms with Gasteiger partial charge in [-0.05, 0) is 41.4 Å². The third kappa shape index (κ3) is 2.23. The number of carboxylic acids is 1. The largest absolute Gasteiger partial charge is 0.478 e. The molecule has 0 fully saturated rings. The van der Waals surface area contributed by atoms with Crippen LogP contribution in [0.1, 0.15) is 16.1 Å². The molecule has 1 aromatic heterocycles. The molecule has 0 bridgehead atoms. The van der Waals surface area contributed by atoms with Gasteiger partial charge in [0.1, 0.15) is 10.6 Å². The molecule has 0 radical (unpaired) electrons. The van der Waals surface area contributed by atoms with Crippen LogP contribution in [0.2, 0.25) is 0 Å². The Labute approximate surface area is 119 Å². The Hall–Kier alpha value is -2.40. The Bertz CT molecular complexity index is 795. The van der Waals surface area contributed by atoms with E-state index in [1.807, 2.05) is 42.5 Å². The van der Waals surface area contributed by atoms with Crippen molar-refractivity contribution >= 4 is 39.0 Å². The van der Waals surface area contributed by atoms with Gasteiger partial charge in [-0.15, -0.1) is 0 Å². The van der Waals surface area contributed by atoms with Gasteiger partial charge in [-0.2, -0.15) is 4.37 Å². The SMILES string of the molecule is Cc1nsc(Nc2ccc3ccccc3c2)c1C(=O)O. The van der Waals surface area contributed by atoms with Crippen LogP contribution in [-0.2, 0) is 0 Å². The zero-order valence-electron chi connectivity index (χ0n) is 10.8. The van der Waals surface area contributed by atoms with E-state index in [0.717, 1.165) is 28.0 Å². The van der Waals surface area contributed by atoms with Crippen LogP contribution in [0, 0.1) is 6.92 Å². The van der Waals surface area contributed by atoms with E-state index in [1.165, 1.54) is 0 Å². The smallest absolute Gasteiger partial charge is 0.340 e. The molecule has 100 valence electrons. The first-order valence-corrected chi connectivity index (χ1v) is 6.88. The Kier molecular flexibility index (Phi) is 3.12. The molecular formula is C15H12N2O2S. The predicted octanol–water partition coefficient (Wildman–Crippen LogP) is 4.05. The number of carboxylic acid groups (broad SMARTS) is 1. The lowest BCUT2D eigenvalue weighted by atomic mass is 10.1. The van der Waals surface area contributed by atoms with Crippen molar-refractivity contribution in [1.29, 1.82) is 0 Å². The van der Waals surface area contributed by atoms with E-state index in [2.05, 4.69) is 9.69 Å². The summed E-state index contributed by atoms with van der Waals surface area (Å²) in [5.74, 6) is -0.959. The molecule has 3 aromatic rings. The van der Waals surface area contributed by atoms with Crippen LogP contribution in [0.4, 0.5) is 10.7 Å². The van der Waals surface area contributed by atoms with Crippen LogP contribution in [0.15, 0.2) is 42.5 Å². The molecule has 0 atom stereocenters. The first-order chi connectivity index (χ1) is 9.65. The van der Waals surface area contributed by atoms with E-state index >= 15 is 0 Å². The molecule has 0 aliphatic rings. The summed E-state index contributed by atoms with van der Waals surface area (Å²) in [4.78, 5) is 11.2. The lowest BCUT2D eigenvalue weighted by molar-refractivity contribution is 0.0697. The number of anilines is 2. The van der Waals surface area contributed by atoms with E-state index in [1.54, 1.807) is 6.92 Å². The first kappa shape index (κ1) is 12.6. The monoisotopic (exact) mass is 284 g/mol. The molecule has 0 aliphatic carbocycles. The number of carbonyl (C=O) groups is 1. The summed E-state index contributed by atoms with van der Waals surface area (Å²) < 4.78 is 4.09. The highest BCUT2D eigenvalue weighted by atomic mass is 32.1. The molecule has 1 heterocycles. The third-order valence-electron chi connectivity index (χ3n) is 3.08. The van der Waals surface area contributed by atoms with Crippen molar-refractivity contribution < 1.29 is 9.90 Å². The molecule has 20 heavy (non-hydrogen) atoms. The van der Waals surface area contributed by atoms with Gasteiger partial charge in [0.25, 0.3) is 0 Å². The van der Waals surface area contributed by atoms with Gasteiger partial charge in [0.15, 0.2) is 0 Å². The zero-order chi connectivity index (χ0) is 14.1. The number of benzene rings is 2. The minimum Gasteiger partial charge on any atom is -0.478 e. The summed E-state index contributed by atoms with van der Waals surface area (Å²) in [5.41, 5.74) is 1.63. The van der Waals surface area contributed by atoms with Crippen molar-refractivity contribution in [2.24, 2.45) is 0 Å². The fourth-order valence-electron chi connectivity index (χ4n) is 2.11. The van der Waals surface area contributed by atoms with Crippen molar-refractivity contribution in [3.05, 3.63) is 53.7 Å². The van der Waals surface area contributed by atoms with Crippen molar-refractivity contribution in [2.75, 3.05) is 5.32 Å². The predicted molar refractivity (Wildman–Crippen MR) is 81.0 cm³/mol. The van der Waals surface area contributed by atoms with Crippen molar-refractivity contribution in [1.82, 2.24) is 4.37 Å². The Morgan fingerprint density at radius 3 is 2.70 bits per heavy atom. The van der Waals surface area contributed by atoms with Gasteiger partial charge < -0.3 is 10.4 Å². The molecule has 3 rings (SSSR count). The van der Waals surface area contributed by atoms with E-state index in [-0.39, 0.29) is 5.56 Å².